The number of carbonyl (C=O) groups excluding carboxylic acids is 1. The molecule has 6 heteroatoms. The van der Waals surface area contributed by atoms with Crippen molar-refractivity contribution in [3.63, 3.8) is 0 Å². The van der Waals surface area contributed by atoms with Crippen LogP contribution in [-0.4, -0.2) is 5.91 Å². The first-order valence-electron chi connectivity index (χ1n) is 5.58. The molecule has 2 rings (SSSR count). The van der Waals surface area contributed by atoms with Crippen LogP contribution in [0.1, 0.15) is 15.9 Å². The second-order valence-electron chi connectivity index (χ2n) is 3.95. The van der Waals surface area contributed by atoms with E-state index in [2.05, 4.69) is 0 Å². The summed E-state index contributed by atoms with van der Waals surface area (Å²) in [6.07, 6.45) is 0. The molecule has 0 aliphatic rings. The third-order valence-electron chi connectivity index (χ3n) is 2.58. The van der Waals surface area contributed by atoms with E-state index < -0.39 is 11.7 Å². The Morgan fingerprint density at radius 1 is 1.25 bits per heavy atom. The highest BCUT2D eigenvalue weighted by Crippen LogP contribution is 2.30. The lowest BCUT2D eigenvalue weighted by Crippen LogP contribution is -2.12. The highest BCUT2D eigenvalue weighted by molar-refractivity contribution is 5.96. The number of rotatable bonds is 3. The molecule has 0 heterocycles. The van der Waals surface area contributed by atoms with Gasteiger partial charge in [-0.2, -0.15) is 5.26 Å². The number of halogens is 1. The minimum absolute atomic E-state index is 0.0133. The summed E-state index contributed by atoms with van der Waals surface area (Å²) in [5.41, 5.74) is 11.0. The standard InChI is InChI=1S/C14H10FN3O2/c15-11-2-1-3-12(10(11)7-16)20-13-6-8(17)4-5-9(13)14(18)19/h1-6H,17H2,(H2,18,19). The smallest absolute Gasteiger partial charge is 0.252 e. The molecule has 0 atom stereocenters. The molecule has 100 valence electrons. The summed E-state index contributed by atoms with van der Waals surface area (Å²) in [6.45, 7) is 0. The number of nitrogen functional groups attached to an aromatic ring is 1. The number of anilines is 1. The van der Waals surface area contributed by atoms with Crippen LogP contribution in [0.15, 0.2) is 36.4 Å². The summed E-state index contributed by atoms with van der Waals surface area (Å²) in [5.74, 6) is -1.37. The van der Waals surface area contributed by atoms with Crippen LogP contribution in [0.25, 0.3) is 0 Å². The third-order valence-corrected chi connectivity index (χ3v) is 2.58. The highest BCUT2D eigenvalue weighted by Gasteiger charge is 2.14. The van der Waals surface area contributed by atoms with Crippen LogP contribution in [0.3, 0.4) is 0 Å². The first-order chi connectivity index (χ1) is 9.52. The molecule has 20 heavy (non-hydrogen) atoms. The fraction of sp³-hybridized carbons (Fsp3) is 0. The van der Waals surface area contributed by atoms with Crippen molar-refractivity contribution in [2.45, 2.75) is 0 Å². The monoisotopic (exact) mass is 271 g/mol. The van der Waals surface area contributed by atoms with Gasteiger partial charge in [-0.25, -0.2) is 4.39 Å². The van der Waals surface area contributed by atoms with E-state index in [1.165, 1.54) is 30.3 Å². The lowest BCUT2D eigenvalue weighted by Gasteiger charge is -2.11. The summed E-state index contributed by atoms with van der Waals surface area (Å²) in [7, 11) is 0. The summed E-state index contributed by atoms with van der Waals surface area (Å²) < 4.78 is 18.9. The van der Waals surface area contributed by atoms with Gasteiger partial charge in [0.1, 0.15) is 28.9 Å². The maximum absolute atomic E-state index is 13.5. The van der Waals surface area contributed by atoms with Crippen molar-refractivity contribution < 1.29 is 13.9 Å². The van der Waals surface area contributed by atoms with Gasteiger partial charge in [0.05, 0.1) is 5.56 Å². The van der Waals surface area contributed by atoms with Crippen LogP contribution >= 0.6 is 0 Å². The number of amides is 1. The fourth-order valence-corrected chi connectivity index (χ4v) is 1.64. The average Bonchev–Trinajstić information content (AvgIpc) is 2.38. The number of primary amides is 1. The molecule has 0 saturated carbocycles. The van der Waals surface area contributed by atoms with Crippen LogP contribution in [-0.2, 0) is 0 Å². The lowest BCUT2D eigenvalue weighted by molar-refractivity contribution is 0.0998. The number of nitriles is 1. The van der Waals surface area contributed by atoms with Gasteiger partial charge in [-0.3, -0.25) is 4.79 Å². The van der Waals surface area contributed by atoms with Gasteiger partial charge in [-0.1, -0.05) is 6.07 Å². The molecule has 0 fully saturated rings. The zero-order valence-corrected chi connectivity index (χ0v) is 10.3. The van der Waals surface area contributed by atoms with E-state index in [4.69, 9.17) is 21.5 Å². The van der Waals surface area contributed by atoms with Gasteiger partial charge in [0.2, 0.25) is 0 Å². The van der Waals surface area contributed by atoms with E-state index in [9.17, 15) is 9.18 Å². The number of hydrogen-bond donors (Lipinski definition) is 2. The second-order valence-corrected chi connectivity index (χ2v) is 3.95. The molecule has 0 unspecified atom stereocenters. The molecule has 0 radical (unpaired) electrons. The van der Waals surface area contributed by atoms with E-state index in [0.717, 1.165) is 6.07 Å². The van der Waals surface area contributed by atoms with Gasteiger partial charge in [-0.15, -0.1) is 0 Å². The predicted octanol–water partition coefficient (Wildman–Crippen LogP) is 2.17. The van der Waals surface area contributed by atoms with E-state index in [1.807, 2.05) is 0 Å². The minimum Gasteiger partial charge on any atom is -0.455 e. The second kappa shape index (κ2) is 5.28. The normalized spacial score (nSPS) is 9.80. The summed E-state index contributed by atoms with van der Waals surface area (Å²) in [4.78, 5) is 11.3. The van der Waals surface area contributed by atoms with Crippen LogP contribution in [0.4, 0.5) is 10.1 Å². The Morgan fingerprint density at radius 2 is 2.00 bits per heavy atom. The lowest BCUT2D eigenvalue weighted by atomic mass is 10.1. The van der Waals surface area contributed by atoms with E-state index in [0.29, 0.717) is 5.69 Å². The van der Waals surface area contributed by atoms with E-state index in [1.54, 1.807) is 6.07 Å². The Bertz CT molecular complexity index is 723. The van der Waals surface area contributed by atoms with Crippen molar-refractivity contribution in [2.75, 3.05) is 5.73 Å². The maximum Gasteiger partial charge on any atom is 0.252 e. The Balaban J connectivity index is 2.51. The molecular formula is C14H10FN3O2. The maximum atomic E-state index is 13.5. The van der Waals surface area contributed by atoms with Gasteiger partial charge in [0.15, 0.2) is 0 Å². The van der Waals surface area contributed by atoms with Crippen molar-refractivity contribution in [3.05, 3.63) is 53.3 Å². The quantitative estimate of drug-likeness (QED) is 0.835. The number of nitrogens with two attached hydrogens (primary N) is 2. The van der Waals surface area contributed by atoms with Crippen molar-refractivity contribution in [2.24, 2.45) is 5.73 Å². The van der Waals surface area contributed by atoms with Crippen LogP contribution in [0.2, 0.25) is 0 Å². The summed E-state index contributed by atoms with van der Waals surface area (Å²) >= 11 is 0. The summed E-state index contributed by atoms with van der Waals surface area (Å²) in [5, 5.41) is 8.92. The molecule has 0 aromatic heterocycles. The van der Waals surface area contributed by atoms with Crippen LogP contribution < -0.4 is 16.2 Å². The van der Waals surface area contributed by atoms with Crippen molar-refractivity contribution in [1.29, 1.82) is 5.26 Å². The van der Waals surface area contributed by atoms with Crippen molar-refractivity contribution in [3.8, 4) is 17.6 Å². The molecule has 0 aliphatic heterocycles. The molecular weight excluding hydrogens is 261 g/mol. The van der Waals surface area contributed by atoms with Gasteiger partial charge < -0.3 is 16.2 Å². The van der Waals surface area contributed by atoms with Crippen LogP contribution in [0, 0.1) is 17.1 Å². The van der Waals surface area contributed by atoms with Gasteiger partial charge in [-0.05, 0) is 24.3 Å². The van der Waals surface area contributed by atoms with Gasteiger partial charge >= 0.3 is 0 Å². The summed E-state index contributed by atoms with van der Waals surface area (Å²) in [6, 6.07) is 9.91. The van der Waals surface area contributed by atoms with Gasteiger partial charge in [0.25, 0.3) is 5.91 Å². The SMILES string of the molecule is N#Cc1c(F)cccc1Oc1cc(N)ccc1C(N)=O. The van der Waals surface area contributed by atoms with Crippen molar-refractivity contribution in [1.82, 2.24) is 0 Å². The fourth-order valence-electron chi connectivity index (χ4n) is 1.64. The number of benzene rings is 2. The van der Waals surface area contributed by atoms with E-state index >= 15 is 0 Å². The Morgan fingerprint density at radius 3 is 2.65 bits per heavy atom. The molecule has 2 aromatic rings. The number of carbonyl (C=O) groups is 1. The Hall–Kier alpha value is -3.07. The first-order valence-corrected chi connectivity index (χ1v) is 5.58. The highest BCUT2D eigenvalue weighted by atomic mass is 19.1. The minimum atomic E-state index is -0.713. The topological polar surface area (TPSA) is 102 Å². The number of ether oxygens (including phenoxy) is 1. The Kier molecular flexibility index (Phi) is 3.53. The Labute approximate surface area is 114 Å². The zero-order valence-electron chi connectivity index (χ0n) is 10.3. The number of nitrogens with zero attached hydrogens (tertiary/aromatic N) is 1. The molecule has 2 aromatic carbocycles. The molecule has 0 spiro atoms. The molecule has 5 nitrogen and oxygen atoms in total. The molecule has 1 amide bonds. The third kappa shape index (κ3) is 2.52. The van der Waals surface area contributed by atoms with Gasteiger partial charge in [0, 0.05) is 11.8 Å². The number of hydrogen-bond acceptors (Lipinski definition) is 4. The van der Waals surface area contributed by atoms with Crippen LogP contribution in [0.5, 0.6) is 11.5 Å². The van der Waals surface area contributed by atoms with E-state index in [-0.39, 0.29) is 22.6 Å². The van der Waals surface area contributed by atoms with Crippen molar-refractivity contribution >= 4 is 11.6 Å². The first kappa shape index (κ1) is 13.4. The molecule has 0 saturated heterocycles. The zero-order chi connectivity index (χ0) is 14.7. The largest absolute Gasteiger partial charge is 0.455 e. The molecule has 4 N–H and O–H groups in total. The molecule has 0 bridgehead atoms. The molecule has 0 aliphatic carbocycles. The average molecular weight is 271 g/mol. The predicted molar refractivity (Wildman–Crippen MR) is 70.6 cm³/mol.